The third kappa shape index (κ3) is 4.05. The molecule has 0 aliphatic rings. The summed E-state index contributed by atoms with van der Waals surface area (Å²) in [5, 5.41) is 4.51. The van der Waals surface area contributed by atoms with Crippen molar-refractivity contribution in [2.45, 2.75) is 13.8 Å². The topological polar surface area (TPSA) is 55.4 Å². The van der Waals surface area contributed by atoms with Crippen molar-refractivity contribution >= 4 is 22.6 Å². The number of nitrogens with one attached hydrogen (secondary N) is 1. The van der Waals surface area contributed by atoms with E-state index in [0.717, 1.165) is 10.8 Å². The molecule has 21 heavy (non-hydrogen) atoms. The quantitative estimate of drug-likeness (QED) is 0.859. The van der Waals surface area contributed by atoms with E-state index in [1.807, 2.05) is 44.2 Å². The number of benzene rings is 2. The van der Waals surface area contributed by atoms with Gasteiger partial charge in [0, 0.05) is 6.54 Å². The average Bonchev–Trinajstić information content (AvgIpc) is 2.50. The summed E-state index contributed by atoms with van der Waals surface area (Å²) in [6.07, 6.45) is 0. The van der Waals surface area contributed by atoms with E-state index >= 15 is 0 Å². The number of esters is 1. The van der Waals surface area contributed by atoms with Crippen molar-refractivity contribution in [2.75, 3.05) is 13.2 Å². The molecular weight excluding hydrogens is 266 g/mol. The average molecular weight is 285 g/mol. The fourth-order valence-corrected chi connectivity index (χ4v) is 1.98. The van der Waals surface area contributed by atoms with Gasteiger partial charge in [-0.2, -0.15) is 0 Å². The molecule has 0 aliphatic heterocycles. The molecule has 0 aliphatic carbocycles. The first-order chi connectivity index (χ1) is 10.1. The Morgan fingerprint density at radius 3 is 2.57 bits per heavy atom. The lowest BCUT2D eigenvalue weighted by Gasteiger charge is -2.09. The van der Waals surface area contributed by atoms with Gasteiger partial charge in [-0.15, -0.1) is 0 Å². The van der Waals surface area contributed by atoms with E-state index in [1.54, 1.807) is 12.1 Å². The molecule has 0 fully saturated rings. The fourth-order valence-electron chi connectivity index (χ4n) is 1.98. The number of ether oxygens (including phenoxy) is 1. The van der Waals surface area contributed by atoms with Crippen LogP contribution in [0.4, 0.5) is 0 Å². The van der Waals surface area contributed by atoms with E-state index < -0.39 is 5.97 Å². The number of hydrogen-bond donors (Lipinski definition) is 1. The predicted molar refractivity (Wildman–Crippen MR) is 82.1 cm³/mol. The Morgan fingerprint density at radius 2 is 1.81 bits per heavy atom. The van der Waals surface area contributed by atoms with Crippen LogP contribution in [0.25, 0.3) is 10.8 Å². The second-order valence-corrected chi connectivity index (χ2v) is 5.30. The van der Waals surface area contributed by atoms with Gasteiger partial charge in [0.25, 0.3) is 5.91 Å². The highest BCUT2D eigenvalue weighted by Gasteiger charge is 2.13. The second kappa shape index (κ2) is 6.88. The van der Waals surface area contributed by atoms with E-state index in [4.69, 9.17) is 4.74 Å². The van der Waals surface area contributed by atoms with E-state index in [1.165, 1.54) is 0 Å². The lowest BCUT2D eigenvalue weighted by Crippen LogP contribution is -2.31. The minimum Gasteiger partial charge on any atom is -0.452 e. The summed E-state index contributed by atoms with van der Waals surface area (Å²) in [6, 6.07) is 13.0. The van der Waals surface area contributed by atoms with Gasteiger partial charge in [-0.3, -0.25) is 4.79 Å². The standard InChI is InChI=1S/C17H19NO3/c1-12(2)10-18-16(19)11-21-17(20)15-9-5-7-13-6-3-4-8-14(13)15/h3-9,12H,10-11H2,1-2H3,(H,18,19). The Morgan fingerprint density at radius 1 is 1.10 bits per heavy atom. The molecule has 4 nitrogen and oxygen atoms in total. The highest BCUT2D eigenvalue weighted by molar-refractivity contribution is 6.04. The van der Waals surface area contributed by atoms with Gasteiger partial charge in [-0.25, -0.2) is 4.79 Å². The molecule has 1 amide bonds. The van der Waals surface area contributed by atoms with Gasteiger partial charge in [-0.05, 0) is 22.8 Å². The first kappa shape index (κ1) is 15.0. The second-order valence-electron chi connectivity index (χ2n) is 5.30. The van der Waals surface area contributed by atoms with Gasteiger partial charge in [0.2, 0.25) is 0 Å². The van der Waals surface area contributed by atoms with Crippen LogP contribution in [0, 0.1) is 5.92 Å². The summed E-state index contributed by atoms with van der Waals surface area (Å²) >= 11 is 0. The highest BCUT2D eigenvalue weighted by atomic mass is 16.5. The van der Waals surface area contributed by atoms with Crippen molar-refractivity contribution in [1.29, 1.82) is 0 Å². The zero-order valence-corrected chi connectivity index (χ0v) is 12.3. The summed E-state index contributed by atoms with van der Waals surface area (Å²) in [6.45, 7) is 4.32. The molecule has 1 N–H and O–H groups in total. The number of carbonyl (C=O) groups excluding carboxylic acids is 2. The number of carbonyl (C=O) groups is 2. The summed E-state index contributed by atoms with van der Waals surface area (Å²) in [5.41, 5.74) is 0.477. The normalized spacial score (nSPS) is 10.6. The van der Waals surface area contributed by atoms with Crippen LogP contribution in [0.5, 0.6) is 0 Å². The molecule has 0 unspecified atom stereocenters. The van der Waals surface area contributed by atoms with E-state index in [9.17, 15) is 9.59 Å². The third-order valence-electron chi connectivity index (χ3n) is 3.05. The van der Waals surface area contributed by atoms with Gasteiger partial charge >= 0.3 is 5.97 Å². The summed E-state index contributed by atoms with van der Waals surface area (Å²) in [4.78, 5) is 23.7. The minimum absolute atomic E-state index is 0.255. The lowest BCUT2D eigenvalue weighted by atomic mass is 10.1. The molecule has 0 radical (unpaired) electrons. The number of fused-ring (bicyclic) bond motifs is 1. The molecular formula is C17H19NO3. The largest absolute Gasteiger partial charge is 0.452 e. The molecule has 0 saturated heterocycles. The molecule has 0 spiro atoms. The van der Waals surface area contributed by atoms with E-state index in [2.05, 4.69) is 5.32 Å². The van der Waals surface area contributed by atoms with Gasteiger partial charge in [0.15, 0.2) is 6.61 Å². The molecule has 0 saturated carbocycles. The Kier molecular flexibility index (Phi) is 4.93. The zero-order valence-electron chi connectivity index (χ0n) is 12.3. The van der Waals surface area contributed by atoms with Crippen LogP contribution in [0.2, 0.25) is 0 Å². The maximum absolute atomic E-state index is 12.1. The fraction of sp³-hybridized carbons (Fsp3) is 0.294. The SMILES string of the molecule is CC(C)CNC(=O)COC(=O)c1cccc2ccccc12. The van der Waals surface area contributed by atoms with Crippen molar-refractivity contribution in [3.05, 3.63) is 48.0 Å². The van der Waals surface area contributed by atoms with Gasteiger partial charge in [-0.1, -0.05) is 50.2 Å². The monoisotopic (exact) mass is 285 g/mol. The summed E-state index contributed by atoms with van der Waals surface area (Å²) < 4.78 is 5.08. The van der Waals surface area contributed by atoms with Crippen molar-refractivity contribution in [3.8, 4) is 0 Å². The Balaban J connectivity index is 2.01. The summed E-state index contributed by atoms with van der Waals surface area (Å²) in [7, 11) is 0. The molecule has 0 aromatic heterocycles. The van der Waals surface area contributed by atoms with Crippen LogP contribution in [-0.4, -0.2) is 25.0 Å². The Bertz CT molecular complexity index is 644. The van der Waals surface area contributed by atoms with Crippen molar-refractivity contribution in [2.24, 2.45) is 5.92 Å². The van der Waals surface area contributed by atoms with Crippen LogP contribution in [0.15, 0.2) is 42.5 Å². The van der Waals surface area contributed by atoms with Crippen molar-refractivity contribution < 1.29 is 14.3 Å². The maximum atomic E-state index is 12.1. The Labute approximate surface area is 124 Å². The van der Waals surface area contributed by atoms with E-state index in [0.29, 0.717) is 18.0 Å². The molecule has 0 atom stereocenters. The first-order valence-corrected chi connectivity index (χ1v) is 6.99. The molecule has 2 aromatic rings. The highest BCUT2D eigenvalue weighted by Crippen LogP contribution is 2.19. The number of hydrogen-bond acceptors (Lipinski definition) is 3. The molecule has 0 bridgehead atoms. The van der Waals surface area contributed by atoms with Crippen LogP contribution in [0.3, 0.4) is 0 Å². The van der Waals surface area contributed by atoms with Crippen LogP contribution in [0.1, 0.15) is 24.2 Å². The zero-order chi connectivity index (χ0) is 15.2. The van der Waals surface area contributed by atoms with Gasteiger partial charge in [0.1, 0.15) is 0 Å². The molecule has 4 heteroatoms. The lowest BCUT2D eigenvalue weighted by molar-refractivity contribution is -0.124. The van der Waals surface area contributed by atoms with Crippen molar-refractivity contribution in [3.63, 3.8) is 0 Å². The molecule has 2 aromatic carbocycles. The molecule has 2 rings (SSSR count). The van der Waals surface area contributed by atoms with Crippen LogP contribution in [-0.2, 0) is 9.53 Å². The van der Waals surface area contributed by atoms with E-state index in [-0.39, 0.29) is 12.5 Å². The predicted octanol–water partition coefficient (Wildman–Crippen LogP) is 2.77. The molecule has 110 valence electrons. The summed E-state index contributed by atoms with van der Waals surface area (Å²) in [5.74, 6) is -0.397. The smallest absolute Gasteiger partial charge is 0.339 e. The van der Waals surface area contributed by atoms with Crippen LogP contribution < -0.4 is 5.32 Å². The van der Waals surface area contributed by atoms with Gasteiger partial charge in [0.05, 0.1) is 5.56 Å². The molecule has 0 heterocycles. The number of amides is 1. The Hall–Kier alpha value is -2.36. The van der Waals surface area contributed by atoms with Gasteiger partial charge < -0.3 is 10.1 Å². The third-order valence-corrected chi connectivity index (χ3v) is 3.05. The first-order valence-electron chi connectivity index (χ1n) is 6.99. The number of rotatable bonds is 5. The van der Waals surface area contributed by atoms with Crippen molar-refractivity contribution in [1.82, 2.24) is 5.32 Å². The maximum Gasteiger partial charge on any atom is 0.339 e. The van der Waals surface area contributed by atoms with Crippen LogP contribution >= 0.6 is 0 Å². The minimum atomic E-state index is -0.480.